The van der Waals surface area contributed by atoms with E-state index in [4.69, 9.17) is 0 Å². The van der Waals surface area contributed by atoms with Crippen molar-refractivity contribution in [2.24, 2.45) is 0 Å². The van der Waals surface area contributed by atoms with E-state index < -0.39 is 0 Å². The summed E-state index contributed by atoms with van der Waals surface area (Å²) in [7, 11) is 0. The number of nitrogens with zero attached hydrogens (tertiary/aromatic N) is 2. The van der Waals surface area contributed by atoms with Gasteiger partial charge in [-0.05, 0) is 76.0 Å². The molecular formula is C20H26N2. The van der Waals surface area contributed by atoms with Crippen LogP contribution < -0.4 is 0 Å². The Morgan fingerprint density at radius 1 is 1.05 bits per heavy atom. The molecule has 0 atom stereocenters. The maximum atomic E-state index is 4.36. The number of likely N-dealkylation sites (tertiary alicyclic amines) is 1. The normalized spacial score (nSPS) is 15.4. The maximum absolute atomic E-state index is 4.36. The molecule has 0 radical (unpaired) electrons. The molecule has 0 N–H and O–H groups in total. The summed E-state index contributed by atoms with van der Waals surface area (Å²) in [4.78, 5) is 2.51. The molecule has 1 aromatic carbocycles. The summed E-state index contributed by atoms with van der Waals surface area (Å²) in [6.07, 6.45) is 2.66. The third kappa shape index (κ3) is 2.89. The topological polar surface area (TPSA) is 8.17 Å². The molecule has 0 saturated carbocycles. The van der Waals surface area contributed by atoms with E-state index in [0.29, 0.717) is 0 Å². The van der Waals surface area contributed by atoms with Crippen LogP contribution in [0.5, 0.6) is 0 Å². The molecule has 0 unspecified atom stereocenters. The van der Waals surface area contributed by atoms with Crippen LogP contribution in [0.1, 0.15) is 35.4 Å². The molecule has 1 saturated heterocycles. The van der Waals surface area contributed by atoms with Crippen molar-refractivity contribution in [3.8, 4) is 5.69 Å². The van der Waals surface area contributed by atoms with Gasteiger partial charge in [-0.3, -0.25) is 4.90 Å². The van der Waals surface area contributed by atoms with E-state index in [1.165, 1.54) is 59.7 Å². The summed E-state index contributed by atoms with van der Waals surface area (Å²) in [5.41, 5.74) is 7.66. The minimum absolute atomic E-state index is 0.998. The quantitative estimate of drug-likeness (QED) is 0.805. The number of aromatic nitrogens is 1. The van der Waals surface area contributed by atoms with Gasteiger partial charge in [0.1, 0.15) is 0 Å². The van der Waals surface area contributed by atoms with Gasteiger partial charge < -0.3 is 4.57 Å². The first-order valence-electron chi connectivity index (χ1n) is 8.23. The first-order chi connectivity index (χ1) is 10.6. The Hall–Kier alpha value is -1.80. The lowest BCUT2D eigenvalue weighted by Crippen LogP contribution is -2.21. The SMILES string of the molecule is C=C(CN1CCCC1)c1cc(C)n(-c2ccc(C)cc2)c1C. The van der Waals surface area contributed by atoms with Crippen molar-refractivity contribution in [1.82, 2.24) is 9.47 Å². The smallest absolute Gasteiger partial charge is 0.0455 e. The van der Waals surface area contributed by atoms with Crippen LogP contribution in [0.4, 0.5) is 0 Å². The zero-order valence-corrected chi connectivity index (χ0v) is 14.0. The van der Waals surface area contributed by atoms with E-state index in [9.17, 15) is 0 Å². The number of hydrogen-bond acceptors (Lipinski definition) is 1. The number of rotatable bonds is 4. The minimum Gasteiger partial charge on any atom is -0.318 e. The average molecular weight is 294 g/mol. The summed E-state index contributed by atoms with van der Waals surface area (Å²) in [5, 5.41) is 0. The Morgan fingerprint density at radius 2 is 1.68 bits per heavy atom. The Balaban J connectivity index is 1.89. The fourth-order valence-electron chi connectivity index (χ4n) is 3.51. The van der Waals surface area contributed by atoms with Gasteiger partial charge in [0, 0.05) is 23.6 Å². The van der Waals surface area contributed by atoms with Crippen molar-refractivity contribution in [3.05, 3.63) is 59.4 Å². The molecular weight excluding hydrogens is 268 g/mol. The molecule has 3 rings (SSSR count). The first-order valence-corrected chi connectivity index (χ1v) is 8.23. The Kier molecular flexibility index (Phi) is 4.21. The summed E-state index contributed by atoms with van der Waals surface area (Å²) < 4.78 is 2.34. The van der Waals surface area contributed by atoms with Crippen LogP contribution >= 0.6 is 0 Å². The van der Waals surface area contributed by atoms with E-state index in [-0.39, 0.29) is 0 Å². The highest BCUT2D eigenvalue weighted by atomic mass is 15.1. The molecule has 1 aliphatic heterocycles. The second kappa shape index (κ2) is 6.13. The second-order valence-electron chi connectivity index (χ2n) is 6.54. The molecule has 22 heavy (non-hydrogen) atoms. The van der Waals surface area contributed by atoms with Crippen molar-refractivity contribution < 1.29 is 0 Å². The van der Waals surface area contributed by atoms with E-state index in [0.717, 1.165) is 6.54 Å². The minimum atomic E-state index is 0.998. The lowest BCUT2D eigenvalue weighted by molar-refractivity contribution is 0.383. The van der Waals surface area contributed by atoms with Gasteiger partial charge in [-0.25, -0.2) is 0 Å². The monoisotopic (exact) mass is 294 g/mol. The van der Waals surface area contributed by atoms with Gasteiger partial charge in [0.2, 0.25) is 0 Å². The number of aryl methyl sites for hydroxylation is 2. The molecule has 1 aromatic heterocycles. The molecule has 2 nitrogen and oxygen atoms in total. The van der Waals surface area contributed by atoms with E-state index in [2.05, 4.69) is 67.1 Å². The van der Waals surface area contributed by atoms with Crippen LogP contribution in [0.25, 0.3) is 11.3 Å². The highest BCUT2D eigenvalue weighted by Gasteiger charge is 2.17. The Labute approximate surface area is 134 Å². The highest BCUT2D eigenvalue weighted by molar-refractivity contribution is 5.68. The van der Waals surface area contributed by atoms with E-state index in [1.807, 2.05) is 0 Å². The summed E-state index contributed by atoms with van der Waals surface area (Å²) >= 11 is 0. The predicted molar refractivity (Wildman–Crippen MR) is 94.7 cm³/mol. The zero-order valence-electron chi connectivity index (χ0n) is 14.0. The van der Waals surface area contributed by atoms with Crippen molar-refractivity contribution in [2.45, 2.75) is 33.6 Å². The average Bonchev–Trinajstić information content (AvgIpc) is 3.09. The third-order valence-electron chi connectivity index (χ3n) is 4.72. The summed E-state index contributed by atoms with van der Waals surface area (Å²) in [6.45, 7) is 14.3. The Morgan fingerprint density at radius 3 is 2.32 bits per heavy atom. The zero-order chi connectivity index (χ0) is 15.7. The molecule has 1 fully saturated rings. The van der Waals surface area contributed by atoms with Crippen molar-refractivity contribution in [2.75, 3.05) is 19.6 Å². The third-order valence-corrected chi connectivity index (χ3v) is 4.72. The van der Waals surface area contributed by atoms with E-state index in [1.54, 1.807) is 0 Å². The predicted octanol–water partition coefficient (Wildman–Crippen LogP) is 4.51. The molecule has 2 heteroatoms. The lowest BCUT2D eigenvalue weighted by atomic mass is 10.1. The van der Waals surface area contributed by atoms with Gasteiger partial charge in [0.05, 0.1) is 0 Å². The molecule has 2 aromatic rings. The molecule has 0 aliphatic carbocycles. The van der Waals surface area contributed by atoms with Gasteiger partial charge in [0.15, 0.2) is 0 Å². The summed E-state index contributed by atoms with van der Waals surface area (Å²) in [5.74, 6) is 0. The fraction of sp³-hybridized carbons (Fsp3) is 0.400. The van der Waals surface area contributed by atoms with Crippen LogP contribution in [-0.4, -0.2) is 29.1 Å². The van der Waals surface area contributed by atoms with Crippen LogP contribution in [0.3, 0.4) is 0 Å². The van der Waals surface area contributed by atoms with Gasteiger partial charge in [-0.2, -0.15) is 0 Å². The van der Waals surface area contributed by atoms with Crippen LogP contribution in [0, 0.1) is 20.8 Å². The Bertz CT molecular complexity index is 670. The largest absolute Gasteiger partial charge is 0.318 e. The van der Waals surface area contributed by atoms with Gasteiger partial charge in [-0.1, -0.05) is 24.3 Å². The van der Waals surface area contributed by atoms with E-state index >= 15 is 0 Å². The molecule has 1 aliphatic rings. The molecule has 0 amide bonds. The van der Waals surface area contributed by atoms with Gasteiger partial charge >= 0.3 is 0 Å². The maximum Gasteiger partial charge on any atom is 0.0455 e. The van der Waals surface area contributed by atoms with Gasteiger partial charge in [-0.15, -0.1) is 0 Å². The van der Waals surface area contributed by atoms with Crippen LogP contribution in [0.15, 0.2) is 36.9 Å². The van der Waals surface area contributed by atoms with Gasteiger partial charge in [0.25, 0.3) is 0 Å². The van der Waals surface area contributed by atoms with Crippen LogP contribution in [-0.2, 0) is 0 Å². The summed E-state index contributed by atoms with van der Waals surface area (Å²) in [6, 6.07) is 11.0. The standard InChI is InChI=1S/C20H26N2/c1-15-7-9-19(10-8-15)22-17(3)13-20(18(22)4)16(2)14-21-11-5-6-12-21/h7-10,13H,2,5-6,11-12,14H2,1,3-4H3. The second-order valence-corrected chi connectivity index (χ2v) is 6.54. The molecule has 116 valence electrons. The molecule has 0 spiro atoms. The fourth-order valence-corrected chi connectivity index (χ4v) is 3.51. The molecule has 0 bridgehead atoms. The van der Waals surface area contributed by atoms with Crippen LogP contribution in [0.2, 0.25) is 0 Å². The lowest BCUT2D eigenvalue weighted by Gasteiger charge is -2.17. The number of hydrogen-bond donors (Lipinski definition) is 0. The number of benzene rings is 1. The first kappa shape index (κ1) is 15.1. The highest BCUT2D eigenvalue weighted by Crippen LogP contribution is 2.27. The van der Waals surface area contributed by atoms with Crippen molar-refractivity contribution in [3.63, 3.8) is 0 Å². The van der Waals surface area contributed by atoms with Crippen molar-refractivity contribution in [1.29, 1.82) is 0 Å². The molecule has 2 heterocycles. The van der Waals surface area contributed by atoms with Crippen molar-refractivity contribution >= 4 is 5.57 Å².